The van der Waals surface area contributed by atoms with Gasteiger partial charge in [0.05, 0.1) is 11.4 Å². The van der Waals surface area contributed by atoms with E-state index in [2.05, 4.69) is 5.32 Å². The molecule has 0 unspecified atom stereocenters. The van der Waals surface area contributed by atoms with Crippen LogP contribution in [0.2, 0.25) is 0 Å². The van der Waals surface area contributed by atoms with Gasteiger partial charge in [0.1, 0.15) is 5.82 Å². The summed E-state index contributed by atoms with van der Waals surface area (Å²) in [6.07, 6.45) is 0. The lowest BCUT2D eigenvalue weighted by molar-refractivity contribution is 0.619. The van der Waals surface area contributed by atoms with E-state index < -0.39 is 0 Å². The summed E-state index contributed by atoms with van der Waals surface area (Å²) in [5.74, 6) is -0.286. The van der Waals surface area contributed by atoms with Crippen molar-refractivity contribution >= 4 is 22.7 Å². The van der Waals surface area contributed by atoms with Crippen LogP contribution in [0.1, 0.15) is 5.56 Å². The van der Waals surface area contributed by atoms with Crippen molar-refractivity contribution in [3.05, 3.63) is 47.8 Å². The number of nitrogens with one attached hydrogen (secondary N) is 1. The summed E-state index contributed by atoms with van der Waals surface area (Å²) in [6.45, 7) is 1.72. The summed E-state index contributed by atoms with van der Waals surface area (Å²) in [5.41, 5.74) is 9.54. The minimum Gasteiger partial charge on any atom is -0.397 e. The first-order valence-corrected chi connectivity index (χ1v) is 6.07. The Balaban J connectivity index is 2.24. The average Bonchev–Trinajstić information content (AvgIpc) is 2.36. The SMILES string of the molecule is Cc1cc(Nc2ccc(N(C)C)cc2)c(N)cc1F. The summed E-state index contributed by atoms with van der Waals surface area (Å²) in [5, 5.41) is 3.20. The predicted octanol–water partition coefficient (Wildman–Crippen LogP) is 3.53. The predicted molar refractivity (Wildman–Crippen MR) is 79.6 cm³/mol. The molecule has 0 aliphatic heterocycles. The highest BCUT2D eigenvalue weighted by Gasteiger charge is 2.05. The Morgan fingerprint density at radius 1 is 1.11 bits per heavy atom. The summed E-state index contributed by atoms with van der Waals surface area (Å²) < 4.78 is 13.3. The molecule has 2 aromatic rings. The topological polar surface area (TPSA) is 41.3 Å². The van der Waals surface area contributed by atoms with Gasteiger partial charge in [0.2, 0.25) is 0 Å². The van der Waals surface area contributed by atoms with E-state index in [0.29, 0.717) is 11.3 Å². The Morgan fingerprint density at radius 3 is 2.32 bits per heavy atom. The zero-order valence-electron chi connectivity index (χ0n) is 11.4. The number of benzene rings is 2. The molecule has 0 radical (unpaired) electrons. The van der Waals surface area contributed by atoms with Gasteiger partial charge < -0.3 is 16.0 Å². The molecule has 0 saturated carbocycles. The van der Waals surface area contributed by atoms with Gasteiger partial charge in [0, 0.05) is 25.5 Å². The molecule has 0 atom stereocenters. The third-order valence-corrected chi connectivity index (χ3v) is 2.99. The van der Waals surface area contributed by atoms with Gasteiger partial charge in [-0.05, 0) is 48.9 Å². The first-order chi connectivity index (χ1) is 8.97. The van der Waals surface area contributed by atoms with E-state index in [-0.39, 0.29) is 5.82 Å². The summed E-state index contributed by atoms with van der Waals surface area (Å²) in [4.78, 5) is 2.03. The summed E-state index contributed by atoms with van der Waals surface area (Å²) >= 11 is 0. The van der Waals surface area contributed by atoms with Crippen LogP contribution < -0.4 is 16.0 Å². The maximum absolute atomic E-state index is 13.3. The van der Waals surface area contributed by atoms with Crippen molar-refractivity contribution in [1.29, 1.82) is 0 Å². The van der Waals surface area contributed by atoms with Crippen molar-refractivity contribution in [2.45, 2.75) is 6.92 Å². The number of nitrogen functional groups attached to an aromatic ring is 1. The Hall–Kier alpha value is -2.23. The van der Waals surface area contributed by atoms with E-state index >= 15 is 0 Å². The lowest BCUT2D eigenvalue weighted by Gasteiger charge is -2.14. The molecule has 0 aliphatic rings. The molecule has 0 aliphatic carbocycles. The van der Waals surface area contributed by atoms with Gasteiger partial charge in [0.15, 0.2) is 0 Å². The molecule has 19 heavy (non-hydrogen) atoms. The zero-order chi connectivity index (χ0) is 14.0. The first-order valence-electron chi connectivity index (χ1n) is 6.07. The minimum absolute atomic E-state index is 0.286. The molecule has 0 aromatic heterocycles. The molecule has 0 bridgehead atoms. The molecule has 0 fully saturated rings. The molecule has 2 aromatic carbocycles. The molecular formula is C15H18FN3. The Labute approximate surface area is 112 Å². The molecular weight excluding hydrogens is 241 g/mol. The number of aryl methyl sites for hydroxylation is 1. The summed E-state index contributed by atoms with van der Waals surface area (Å²) in [6, 6.07) is 11.0. The van der Waals surface area contributed by atoms with Gasteiger partial charge in [-0.1, -0.05) is 0 Å². The number of hydrogen-bond donors (Lipinski definition) is 2. The number of anilines is 4. The van der Waals surface area contributed by atoms with Gasteiger partial charge in [-0.25, -0.2) is 4.39 Å². The first kappa shape index (κ1) is 13.2. The van der Waals surface area contributed by atoms with Crippen LogP contribution in [0, 0.1) is 12.7 Å². The van der Waals surface area contributed by atoms with E-state index in [1.807, 2.05) is 43.3 Å². The highest BCUT2D eigenvalue weighted by Crippen LogP contribution is 2.27. The maximum Gasteiger partial charge on any atom is 0.128 e. The van der Waals surface area contributed by atoms with Crippen molar-refractivity contribution < 1.29 is 4.39 Å². The van der Waals surface area contributed by atoms with Crippen LogP contribution in [-0.4, -0.2) is 14.1 Å². The fourth-order valence-electron chi connectivity index (χ4n) is 1.80. The lowest BCUT2D eigenvalue weighted by Crippen LogP contribution is -2.08. The van der Waals surface area contributed by atoms with Crippen LogP contribution in [0.5, 0.6) is 0 Å². The highest BCUT2D eigenvalue weighted by molar-refractivity contribution is 5.74. The number of halogens is 1. The zero-order valence-corrected chi connectivity index (χ0v) is 11.4. The smallest absolute Gasteiger partial charge is 0.128 e. The third-order valence-electron chi connectivity index (χ3n) is 2.99. The Kier molecular flexibility index (Phi) is 3.60. The van der Waals surface area contributed by atoms with E-state index in [1.165, 1.54) is 6.07 Å². The van der Waals surface area contributed by atoms with Gasteiger partial charge in [-0.15, -0.1) is 0 Å². The molecule has 4 heteroatoms. The van der Waals surface area contributed by atoms with Gasteiger partial charge >= 0.3 is 0 Å². The van der Waals surface area contributed by atoms with Crippen LogP contribution in [0.15, 0.2) is 36.4 Å². The van der Waals surface area contributed by atoms with Crippen molar-refractivity contribution in [2.75, 3.05) is 30.0 Å². The largest absolute Gasteiger partial charge is 0.397 e. The molecule has 0 amide bonds. The second-order valence-electron chi connectivity index (χ2n) is 4.75. The summed E-state index contributed by atoms with van der Waals surface area (Å²) in [7, 11) is 3.98. The van der Waals surface area contributed by atoms with Gasteiger partial charge in [-0.3, -0.25) is 0 Å². The van der Waals surface area contributed by atoms with Crippen molar-refractivity contribution in [3.8, 4) is 0 Å². The Bertz CT molecular complexity index is 577. The maximum atomic E-state index is 13.3. The van der Waals surface area contributed by atoms with Crippen molar-refractivity contribution in [2.24, 2.45) is 0 Å². The molecule has 2 rings (SSSR count). The number of nitrogens with two attached hydrogens (primary N) is 1. The third kappa shape index (κ3) is 2.96. The normalized spacial score (nSPS) is 10.3. The van der Waals surface area contributed by atoms with E-state index in [1.54, 1.807) is 13.0 Å². The minimum atomic E-state index is -0.286. The molecule has 3 N–H and O–H groups in total. The standard InChI is InChI=1S/C15H18FN3/c1-10-8-15(14(17)9-13(10)16)18-11-4-6-12(7-5-11)19(2)3/h4-9,18H,17H2,1-3H3. The molecule has 3 nitrogen and oxygen atoms in total. The van der Waals surface area contributed by atoms with Gasteiger partial charge in [-0.2, -0.15) is 0 Å². The van der Waals surface area contributed by atoms with Crippen LogP contribution in [0.4, 0.5) is 27.1 Å². The van der Waals surface area contributed by atoms with Crippen LogP contribution in [-0.2, 0) is 0 Å². The van der Waals surface area contributed by atoms with Gasteiger partial charge in [0.25, 0.3) is 0 Å². The number of rotatable bonds is 3. The highest BCUT2D eigenvalue weighted by atomic mass is 19.1. The molecule has 0 heterocycles. The van der Waals surface area contributed by atoms with Crippen molar-refractivity contribution in [3.63, 3.8) is 0 Å². The fraction of sp³-hybridized carbons (Fsp3) is 0.200. The second kappa shape index (κ2) is 5.18. The van der Waals surface area contributed by atoms with Crippen LogP contribution in [0.25, 0.3) is 0 Å². The van der Waals surface area contributed by atoms with E-state index in [0.717, 1.165) is 17.1 Å². The van der Waals surface area contributed by atoms with E-state index in [4.69, 9.17) is 5.73 Å². The fourth-order valence-corrected chi connectivity index (χ4v) is 1.80. The quantitative estimate of drug-likeness (QED) is 0.829. The van der Waals surface area contributed by atoms with Crippen molar-refractivity contribution in [1.82, 2.24) is 0 Å². The Morgan fingerprint density at radius 2 is 1.74 bits per heavy atom. The lowest BCUT2D eigenvalue weighted by atomic mass is 10.1. The monoisotopic (exact) mass is 259 g/mol. The average molecular weight is 259 g/mol. The molecule has 100 valence electrons. The number of hydrogen-bond acceptors (Lipinski definition) is 3. The van der Waals surface area contributed by atoms with Crippen LogP contribution >= 0.6 is 0 Å². The van der Waals surface area contributed by atoms with Crippen LogP contribution in [0.3, 0.4) is 0 Å². The van der Waals surface area contributed by atoms with E-state index in [9.17, 15) is 4.39 Å². The molecule has 0 spiro atoms. The number of nitrogens with zero attached hydrogens (tertiary/aromatic N) is 1. The molecule has 0 saturated heterocycles. The second-order valence-corrected chi connectivity index (χ2v) is 4.75.